The number of aromatic nitrogens is 3. The standard InChI is InChI=1S/C24H19N3/c1-3-11-19(12-4-1)23-25-26-24(20-13-5-2-6-14-20)27(23)22-17-9-15-18-10-7-8-16-21(18)22/h1-7,9-15,17H,8,16H2. The first kappa shape index (κ1) is 15.8. The zero-order valence-corrected chi connectivity index (χ0v) is 14.9. The summed E-state index contributed by atoms with van der Waals surface area (Å²) >= 11 is 0. The van der Waals surface area contributed by atoms with Gasteiger partial charge in [-0.1, -0.05) is 84.9 Å². The van der Waals surface area contributed by atoms with Crippen LogP contribution in [0.3, 0.4) is 0 Å². The Morgan fingerprint density at radius 3 is 1.93 bits per heavy atom. The maximum absolute atomic E-state index is 4.58. The van der Waals surface area contributed by atoms with E-state index in [2.05, 4.69) is 69.4 Å². The lowest BCUT2D eigenvalue weighted by Crippen LogP contribution is -2.07. The molecule has 0 N–H and O–H groups in total. The summed E-state index contributed by atoms with van der Waals surface area (Å²) in [6.07, 6.45) is 6.56. The highest BCUT2D eigenvalue weighted by Gasteiger charge is 2.20. The Hall–Kier alpha value is -3.46. The Morgan fingerprint density at radius 2 is 1.30 bits per heavy atom. The first-order valence-electron chi connectivity index (χ1n) is 9.27. The number of benzene rings is 3. The Kier molecular flexibility index (Phi) is 3.91. The van der Waals surface area contributed by atoms with Crippen molar-refractivity contribution >= 4 is 6.08 Å². The van der Waals surface area contributed by atoms with Crippen molar-refractivity contribution in [2.24, 2.45) is 0 Å². The summed E-state index contributed by atoms with van der Waals surface area (Å²) in [6.45, 7) is 0. The highest BCUT2D eigenvalue weighted by Crippen LogP contribution is 2.33. The summed E-state index contributed by atoms with van der Waals surface area (Å²) in [5, 5.41) is 9.17. The zero-order valence-electron chi connectivity index (χ0n) is 14.9. The Bertz CT molecular complexity index is 1050. The van der Waals surface area contributed by atoms with E-state index < -0.39 is 0 Å². The van der Waals surface area contributed by atoms with Gasteiger partial charge in [-0.05, 0) is 30.0 Å². The van der Waals surface area contributed by atoms with Gasteiger partial charge in [0, 0.05) is 11.1 Å². The van der Waals surface area contributed by atoms with Crippen molar-refractivity contribution in [2.75, 3.05) is 0 Å². The molecule has 3 heteroatoms. The molecule has 0 saturated heterocycles. The van der Waals surface area contributed by atoms with Crippen molar-refractivity contribution in [3.05, 3.63) is 96.1 Å². The molecular weight excluding hydrogens is 330 g/mol. The van der Waals surface area contributed by atoms with Gasteiger partial charge in [0.2, 0.25) is 0 Å². The number of hydrogen-bond acceptors (Lipinski definition) is 2. The number of rotatable bonds is 3. The van der Waals surface area contributed by atoms with Crippen LogP contribution < -0.4 is 0 Å². The highest BCUT2D eigenvalue weighted by atomic mass is 15.3. The predicted octanol–water partition coefficient (Wildman–Crippen LogP) is 5.56. The van der Waals surface area contributed by atoms with Crippen LogP contribution >= 0.6 is 0 Å². The minimum Gasteiger partial charge on any atom is -0.275 e. The van der Waals surface area contributed by atoms with Gasteiger partial charge in [-0.15, -0.1) is 10.2 Å². The van der Waals surface area contributed by atoms with Crippen molar-refractivity contribution in [2.45, 2.75) is 12.8 Å². The summed E-state index contributed by atoms with van der Waals surface area (Å²) in [6, 6.07) is 27.1. The molecule has 1 aliphatic carbocycles. The van der Waals surface area contributed by atoms with Crippen molar-refractivity contribution in [1.29, 1.82) is 0 Å². The fraction of sp³-hybridized carbons (Fsp3) is 0.0833. The first-order chi connectivity index (χ1) is 13.4. The van der Waals surface area contributed by atoms with Crippen LogP contribution in [0.4, 0.5) is 0 Å². The molecule has 3 aromatic carbocycles. The van der Waals surface area contributed by atoms with E-state index in [4.69, 9.17) is 0 Å². The minimum absolute atomic E-state index is 0.873. The molecule has 0 atom stereocenters. The van der Waals surface area contributed by atoms with E-state index >= 15 is 0 Å². The molecule has 0 spiro atoms. The van der Waals surface area contributed by atoms with E-state index in [9.17, 15) is 0 Å². The van der Waals surface area contributed by atoms with E-state index in [0.717, 1.165) is 35.6 Å². The number of nitrogens with zero attached hydrogens (tertiary/aromatic N) is 3. The molecule has 3 nitrogen and oxygen atoms in total. The van der Waals surface area contributed by atoms with Crippen LogP contribution in [-0.4, -0.2) is 14.8 Å². The number of fused-ring (bicyclic) bond motifs is 1. The van der Waals surface area contributed by atoms with Crippen molar-refractivity contribution in [1.82, 2.24) is 14.8 Å². The Morgan fingerprint density at radius 1 is 0.667 bits per heavy atom. The average molecular weight is 349 g/mol. The van der Waals surface area contributed by atoms with Gasteiger partial charge in [0.05, 0.1) is 5.69 Å². The van der Waals surface area contributed by atoms with Crippen LogP contribution in [0.2, 0.25) is 0 Å². The van der Waals surface area contributed by atoms with E-state index in [1.807, 2.05) is 36.4 Å². The Balaban J connectivity index is 1.80. The molecule has 0 unspecified atom stereocenters. The van der Waals surface area contributed by atoms with Crippen LogP contribution in [0.15, 0.2) is 84.9 Å². The monoisotopic (exact) mass is 349 g/mol. The molecule has 0 saturated carbocycles. The minimum atomic E-state index is 0.873. The summed E-state index contributed by atoms with van der Waals surface area (Å²) < 4.78 is 2.21. The van der Waals surface area contributed by atoms with E-state index in [-0.39, 0.29) is 0 Å². The highest BCUT2D eigenvalue weighted by molar-refractivity contribution is 5.70. The lowest BCUT2D eigenvalue weighted by molar-refractivity contribution is 0.944. The normalized spacial score (nSPS) is 12.7. The van der Waals surface area contributed by atoms with Gasteiger partial charge in [-0.2, -0.15) is 0 Å². The van der Waals surface area contributed by atoms with Gasteiger partial charge < -0.3 is 0 Å². The number of hydrogen-bond donors (Lipinski definition) is 0. The Labute approximate surface area is 158 Å². The van der Waals surface area contributed by atoms with Gasteiger partial charge in [-0.3, -0.25) is 4.57 Å². The third-order valence-electron chi connectivity index (χ3n) is 5.01. The van der Waals surface area contributed by atoms with Crippen LogP contribution in [0.5, 0.6) is 0 Å². The predicted molar refractivity (Wildman–Crippen MR) is 110 cm³/mol. The second-order valence-electron chi connectivity index (χ2n) is 6.70. The molecule has 1 heterocycles. The average Bonchev–Trinajstić information content (AvgIpc) is 3.19. The van der Waals surface area contributed by atoms with E-state index in [1.54, 1.807) is 0 Å². The smallest absolute Gasteiger partial charge is 0.168 e. The summed E-state index contributed by atoms with van der Waals surface area (Å²) in [5.74, 6) is 1.75. The molecule has 1 aromatic heterocycles. The van der Waals surface area contributed by atoms with Gasteiger partial charge in [0.1, 0.15) is 0 Å². The molecule has 5 rings (SSSR count). The van der Waals surface area contributed by atoms with Crippen LogP contribution in [0, 0.1) is 0 Å². The van der Waals surface area contributed by atoms with Crippen molar-refractivity contribution in [3.63, 3.8) is 0 Å². The second-order valence-corrected chi connectivity index (χ2v) is 6.70. The summed E-state index contributed by atoms with van der Waals surface area (Å²) in [4.78, 5) is 0. The molecule has 0 radical (unpaired) electrons. The lowest BCUT2D eigenvalue weighted by atomic mass is 9.95. The molecule has 0 aliphatic heterocycles. The molecule has 0 amide bonds. The SMILES string of the molecule is C1=Cc2cccc(-n3c(-c4ccccc4)nnc3-c3ccccc3)c2CC1. The third kappa shape index (κ3) is 2.77. The maximum atomic E-state index is 4.58. The molecular formula is C24H19N3. The molecule has 4 aromatic rings. The molecule has 0 fully saturated rings. The summed E-state index contributed by atoms with van der Waals surface area (Å²) in [5.41, 5.74) is 5.94. The van der Waals surface area contributed by atoms with E-state index in [1.165, 1.54) is 16.8 Å². The van der Waals surface area contributed by atoms with Gasteiger partial charge in [-0.25, -0.2) is 0 Å². The van der Waals surface area contributed by atoms with Crippen LogP contribution in [0.25, 0.3) is 34.5 Å². The van der Waals surface area contributed by atoms with Gasteiger partial charge in [0.15, 0.2) is 11.6 Å². The molecule has 130 valence electrons. The lowest BCUT2D eigenvalue weighted by Gasteiger charge is -2.19. The summed E-state index contributed by atoms with van der Waals surface area (Å²) in [7, 11) is 0. The zero-order chi connectivity index (χ0) is 18.1. The van der Waals surface area contributed by atoms with Crippen LogP contribution in [0.1, 0.15) is 17.5 Å². The molecule has 27 heavy (non-hydrogen) atoms. The van der Waals surface area contributed by atoms with Crippen LogP contribution in [-0.2, 0) is 6.42 Å². The molecule has 1 aliphatic rings. The van der Waals surface area contributed by atoms with Gasteiger partial charge >= 0.3 is 0 Å². The third-order valence-corrected chi connectivity index (χ3v) is 5.01. The fourth-order valence-corrected chi connectivity index (χ4v) is 3.73. The van der Waals surface area contributed by atoms with Crippen molar-refractivity contribution in [3.8, 4) is 28.5 Å². The first-order valence-corrected chi connectivity index (χ1v) is 9.27. The quantitative estimate of drug-likeness (QED) is 0.485. The van der Waals surface area contributed by atoms with Crippen molar-refractivity contribution < 1.29 is 0 Å². The van der Waals surface area contributed by atoms with Gasteiger partial charge in [0.25, 0.3) is 0 Å². The maximum Gasteiger partial charge on any atom is 0.168 e. The number of allylic oxidation sites excluding steroid dienone is 1. The van der Waals surface area contributed by atoms with E-state index in [0.29, 0.717) is 0 Å². The largest absolute Gasteiger partial charge is 0.275 e. The molecule has 0 bridgehead atoms. The second kappa shape index (κ2) is 6.69. The topological polar surface area (TPSA) is 30.7 Å². The fourth-order valence-electron chi connectivity index (χ4n) is 3.73.